The molecule has 180 valence electrons. The second kappa shape index (κ2) is 13.7. The number of amides is 3. The molecule has 1 aromatic rings. The Morgan fingerprint density at radius 1 is 1.16 bits per heavy atom. The van der Waals surface area contributed by atoms with E-state index < -0.39 is 47.9 Å². The minimum absolute atomic E-state index is 0.227. The minimum atomic E-state index is -1.13. The second-order valence-corrected chi connectivity index (χ2v) is 8.66. The Morgan fingerprint density at radius 2 is 1.84 bits per heavy atom. The van der Waals surface area contributed by atoms with Gasteiger partial charge in [0.05, 0.1) is 12.4 Å². The normalized spacial score (nSPS) is 15.7. The maximum atomic E-state index is 12.8. The average molecular weight is 471 g/mol. The molecule has 1 aromatic heterocycles. The molecule has 3 amide bonds. The first kappa shape index (κ1) is 27.4. The van der Waals surface area contributed by atoms with Crippen LogP contribution in [0, 0.1) is 5.92 Å². The standard InChI is InChI=1S/C20H34N6O5S/c1-5-11(2)16(19(29)25-15(20(30)31)6-7-32-4)26-17(27)12(3)24-18(28)14(21)8-13-9-22-10-23-13/h9-12,14-16H,5-8,21H2,1-4H3,(H,22,23)(H,24,28)(H,25,29)(H,26,27)(H,30,31). The molecule has 5 atom stereocenters. The summed E-state index contributed by atoms with van der Waals surface area (Å²) < 4.78 is 0. The van der Waals surface area contributed by atoms with Crippen LogP contribution in [0.3, 0.4) is 0 Å². The molecule has 0 spiro atoms. The Balaban J connectivity index is 2.73. The highest BCUT2D eigenvalue weighted by atomic mass is 32.2. The first-order chi connectivity index (χ1) is 15.1. The number of carbonyl (C=O) groups excluding carboxylic acids is 3. The van der Waals surface area contributed by atoms with Gasteiger partial charge in [-0.1, -0.05) is 20.3 Å². The first-order valence-corrected chi connectivity index (χ1v) is 11.9. The van der Waals surface area contributed by atoms with Crippen LogP contribution in [0.1, 0.15) is 39.3 Å². The van der Waals surface area contributed by atoms with Crippen LogP contribution in [0.4, 0.5) is 0 Å². The number of aromatic nitrogens is 2. The summed E-state index contributed by atoms with van der Waals surface area (Å²) in [5.74, 6) is -2.47. The fourth-order valence-electron chi connectivity index (χ4n) is 2.85. The molecule has 32 heavy (non-hydrogen) atoms. The molecule has 11 nitrogen and oxygen atoms in total. The van der Waals surface area contributed by atoms with Gasteiger partial charge in [-0.15, -0.1) is 0 Å². The number of hydrogen-bond donors (Lipinski definition) is 6. The van der Waals surface area contributed by atoms with Crippen molar-refractivity contribution in [2.75, 3.05) is 12.0 Å². The lowest BCUT2D eigenvalue weighted by atomic mass is 9.97. The molecular weight excluding hydrogens is 436 g/mol. The molecule has 1 rings (SSSR count). The molecule has 0 aliphatic heterocycles. The molecule has 0 aliphatic rings. The van der Waals surface area contributed by atoms with Crippen molar-refractivity contribution in [2.45, 2.75) is 64.2 Å². The third kappa shape index (κ3) is 8.87. The van der Waals surface area contributed by atoms with E-state index in [2.05, 4.69) is 25.9 Å². The Morgan fingerprint density at radius 3 is 2.38 bits per heavy atom. The number of aromatic amines is 1. The average Bonchev–Trinajstić information content (AvgIpc) is 3.26. The first-order valence-electron chi connectivity index (χ1n) is 10.5. The smallest absolute Gasteiger partial charge is 0.326 e. The Bertz CT molecular complexity index is 760. The number of thioether (sulfide) groups is 1. The SMILES string of the molecule is CCC(C)C(NC(=O)C(C)NC(=O)C(N)Cc1cnc[nH]1)C(=O)NC(CCSC)C(=O)O. The van der Waals surface area contributed by atoms with Gasteiger partial charge in [-0.3, -0.25) is 14.4 Å². The van der Waals surface area contributed by atoms with Crippen LogP contribution >= 0.6 is 11.8 Å². The summed E-state index contributed by atoms with van der Waals surface area (Å²) in [4.78, 5) is 55.9. The molecule has 0 aromatic carbocycles. The summed E-state index contributed by atoms with van der Waals surface area (Å²) in [5, 5.41) is 17.1. The van der Waals surface area contributed by atoms with Gasteiger partial charge in [-0.2, -0.15) is 11.8 Å². The summed E-state index contributed by atoms with van der Waals surface area (Å²) in [5.41, 5.74) is 6.57. The lowest BCUT2D eigenvalue weighted by Crippen LogP contribution is -2.58. The van der Waals surface area contributed by atoms with E-state index >= 15 is 0 Å². The monoisotopic (exact) mass is 470 g/mol. The number of carboxylic acid groups (broad SMARTS) is 1. The van der Waals surface area contributed by atoms with E-state index in [4.69, 9.17) is 5.73 Å². The van der Waals surface area contributed by atoms with Crippen molar-refractivity contribution >= 4 is 35.5 Å². The zero-order valence-corrected chi connectivity index (χ0v) is 19.7. The number of nitrogens with one attached hydrogen (secondary N) is 4. The van der Waals surface area contributed by atoms with Crippen LogP contribution in [0.2, 0.25) is 0 Å². The van der Waals surface area contributed by atoms with E-state index in [-0.39, 0.29) is 18.8 Å². The zero-order chi connectivity index (χ0) is 24.3. The van der Waals surface area contributed by atoms with E-state index in [9.17, 15) is 24.3 Å². The van der Waals surface area contributed by atoms with Crippen LogP contribution < -0.4 is 21.7 Å². The largest absolute Gasteiger partial charge is 0.480 e. The van der Waals surface area contributed by atoms with E-state index in [0.29, 0.717) is 17.9 Å². The van der Waals surface area contributed by atoms with Crippen LogP contribution in [0.15, 0.2) is 12.5 Å². The van der Waals surface area contributed by atoms with Gasteiger partial charge in [0, 0.05) is 18.3 Å². The third-order valence-corrected chi connectivity index (χ3v) is 5.75. The highest BCUT2D eigenvalue weighted by Gasteiger charge is 2.31. The Labute approximate surface area is 192 Å². The maximum Gasteiger partial charge on any atom is 0.326 e. The van der Waals surface area contributed by atoms with Gasteiger partial charge in [0.25, 0.3) is 0 Å². The summed E-state index contributed by atoms with van der Waals surface area (Å²) in [6.07, 6.45) is 5.96. The molecule has 0 saturated heterocycles. The highest BCUT2D eigenvalue weighted by molar-refractivity contribution is 7.98. The Hall–Kier alpha value is -2.60. The fourth-order valence-corrected chi connectivity index (χ4v) is 3.32. The number of aliphatic carboxylic acids is 1. The van der Waals surface area contributed by atoms with Gasteiger partial charge in [0.2, 0.25) is 17.7 Å². The number of H-pyrrole nitrogens is 1. The molecule has 1 heterocycles. The van der Waals surface area contributed by atoms with Crippen molar-refractivity contribution in [1.82, 2.24) is 25.9 Å². The number of hydrogen-bond acceptors (Lipinski definition) is 7. The summed E-state index contributed by atoms with van der Waals surface area (Å²) in [6, 6.07) is -3.81. The molecule has 0 aliphatic carbocycles. The number of rotatable bonds is 14. The van der Waals surface area contributed by atoms with Gasteiger partial charge in [0.1, 0.15) is 18.1 Å². The minimum Gasteiger partial charge on any atom is -0.480 e. The van der Waals surface area contributed by atoms with Gasteiger partial charge in [-0.25, -0.2) is 9.78 Å². The topological polar surface area (TPSA) is 179 Å². The molecule has 0 fully saturated rings. The molecule has 5 unspecified atom stereocenters. The summed E-state index contributed by atoms with van der Waals surface area (Å²) >= 11 is 1.48. The Kier molecular flexibility index (Phi) is 11.8. The van der Waals surface area contributed by atoms with Gasteiger partial charge in [0.15, 0.2) is 0 Å². The van der Waals surface area contributed by atoms with E-state index in [1.54, 1.807) is 13.1 Å². The van der Waals surface area contributed by atoms with Crippen molar-refractivity contribution in [1.29, 1.82) is 0 Å². The second-order valence-electron chi connectivity index (χ2n) is 7.67. The quantitative estimate of drug-likeness (QED) is 0.213. The maximum absolute atomic E-state index is 12.8. The number of carboxylic acids is 1. The molecule has 0 saturated carbocycles. The van der Waals surface area contributed by atoms with Crippen molar-refractivity contribution < 1.29 is 24.3 Å². The lowest BCUT2D eigenvalue weighted by Gasteiger charge is -2.27. The van der Waals surface area contributed by atoms with Gasteiger partial charge >= 0.3 is 5.97 Å². The predicted molar refractivity (Wildman–Crippen MR) is 122 cm³/mol. The third-order valence-electron chi connectivity index (χ3n) is 5.10. The predicted octanol–water partition coefficient (Wildman–Crippen LogP) is -0.362. The van der Waals surface area contributed by atoms with Crippen molar-refractivity contribution in [2.24, 2.45) is 11.7 Å². The molecule has 0 bridgehead atoms. The van der Waals surface area contributed by atoms with Crippen molar-refractivity contribution in [3.63, 3.8) is 0 Å². The van der Waals surface area contributed by atoms with E-state index in [0.717, 1.165) is 0 Å². The van der Waals surface area contributed by atoms with Crippen LogP contribution in [-0.4, -0.2) is 74.9 Å². The molecular formula is C20H34N6O5S. The van der Waals surface area contributed by atoms with Gasteiger partial charge < -0.3 is 31.8 Å². The molecule has 0 radical (unpaired) electrons. The van der Waals surface area contributed by atoms with Crippen molar-refractivity contribution in [3.8, 4) is 0 Å². The summed E-state index contributed by atoms with van der Waals surface area (Å²) in [6.45, 7) is 5.13. The lowest BCUT2D eigenvalue weighted by molar-refractivity contribution is -0.142. The van der Waals surface area contributed by atoms with Crippen LogP contribution in [0.5, 0.6) is 0 Å². The van der Waals surface area contributed by atoms with E-state index in [1.165, 1.54) is 25.0 Å². The number of nitrogens with zero attached hydrogens (tertiary/aromatic N) is 1. The van der Waals surface area contributed by atoms with Gasteiger partial charge in [-0.05, 0) is 31.3 Å². The molecule has 12 heteroatoms. The fraction of sp³-hybridized carbons (Fsp3) is 0.650. The van der Waals surface area contributed by atoms with Crippen molar-refractivity contribution in [3.05, 3.63) is 18.2 Å². The van der Waals surface area contributed by atoms with E-state index in [1.807, 2.05) is 13.2 Å². The number of imidazole rings is 1. The van der Waals surface area contributed by atoms with Crippen LogP contribution in [0.25, 0.3) is 0 Å². The summed E-state index contributed by atoms with van der Waals surface area (Å²) in [7, 11) is 0. The molecule has 7 N–H and O–H groups in total. The highest BCUT2D eigenvalue weighted by Crippen LogP contribution is 2.10. The number of carbonyl (C=O) groups is 4. The number of nitrogens with two attached hydrogens (primary N) is 1. The zero-order valence-electron chi connectivity index (χ0n) is 18.9. The van der Waals surface area contributed by atoms with Crippen LogP contribution in [-0.2, 0) is 25.6 Å².